The predicted octanol–water partition coefficient (Wildman–Crippen LogP) is 12.9. The van der Waals surface area contributed by atoms with E-state index in [4.69, 9.17) is 0 Å². The molecule has 0 bridgehead atoms. The zero-order chi connectivity index (χ0) is 38.4. The van der Waals surface area contributed by atoms with Crippen LogP contribution in [0.5, 0.6) is 0 Å². The third-order valence-electron chi connectivity index (χ3n) is 13.6. The summed E-state index contributed by atoms with van der Waals surface area (Å²) in [5, 5.41) is 26.8. The van der Waals surface area contributed by atoms with E-state index in [1.807, 2.05) is 6.92 Å². The van der Waals surface area contributed by atoms with Gasteiger partial charge in [-0.05, 0) is 119 Å². The first-order chi connectivity index (χ1) is 27.1. The molecule has 0 aliphatic heterocycles. The second-order valence-corrected chi connectivity index (χ2v) is 17.1. The van der Waals surface area contributed by atoms with E-state index in [9.17, 15) is 10.5 Å². The Balaban J connectivity index is 1.27. The summed E-state index contributed by atoms with van der Waals surface area (Å²) in [6.07, 6.45) is 6.76. The number of para-hydroxylation sites is 2. The van der Waals surface area contributed by atoms with Gasteiger partial charge in [-0.3, -0.25) is 0 Å². The van der Waals surface area contributed by atoms with Crippen molar-refractivity contribution in [2.45, 2.75) is 65.2 Å². The van der Waals surface area contributed by atoms with Crippen molar-refractivity contribution in [2.24, 2.45) is 0 Å². The summed E-state index contributed by atoms with van der Waals surface area (Å²) in [4.78, 5) is 0. The molecule has 0 amide bonds. The number of hydrogen-bond acceptors (Lipinski definition) is 2. The molecule has 4 heteroatoms. The quantitative estimate of drug-likeness (QED) is 0.178. The first-order valence-corrected chi connectivity index (χ1v) is 19.7. The number of hydrogen-bond donors (Lipinski definition) is 0. The van der Waals surface area contributed by atoms with E-state index in [1.54, 1.807) is 0 Å². The van der Waals surface area contributed by atoms with Crippen LogP contribution in [0.2, 0.25) is 0 Å². The molecule has 0 saturated carbocycles. The Morgan fingerprint density at radius 3 is 1.68 bits per heavy atom. The first-order valence-electron chi connectivity index (χ1n) is 19.7. The van der Waals surface area contributed by atoms with E-state index in [0.29, 0.717) is 16.7 Å². The van der Waals surface area contributed by atoms with Crippen molar-refractivity contribution in [1.82, 2.24) is 9.13 Å². The Morgan fingerprint density at radius 1 is 0.536 bits per heavy atom. The molecule has 3 aliphatic rings. The molecule has 56 heavy (non-hydrogen) atoms. The van der Waals surface area contributed by atoms with E-state index < -0.39 is 0 Å². The molecule has 0 spiro atoms. The predicted molar refractivity (Wildman–Crippen MR) is 230 cm³/mol. The fourth-order valence-electron chi connectivity index (χ4n) is 10.9. The van der Waals surface area contributed by atoms with Gasteiger partial charge in [-0.25, -0.2) is 0 Å². The van der Waals surface area contributed by atoms with Crippen molar-refractivity contribution in [3.63, 3.8) is 0 Å². The minimum Gasteiger partial charge on any atom is -0.308 e. The lowest BCUT2D eigenvalue weighted by atomic mass is 9.80. The topological polar surface area (TPSA) is 57.4 Å². The van der Waals surface area contributed by atoms with Crippen LogP contribution in [0, 0.1) is 36.5 Å². The van der Waals surface area contributed by atoms with Crippen molar-refractivity contribution in [1.29, 1.82) is 10.5 Å². The molecule has 6 aromatic carbocycles. The summed E-state index contributed by atoms with van der Waals surface area (Å²) in [6, 6.07) is 40.7. The van der Waals surface area contributed by atoms with Gasteiger partial charge >= 0.3 is 0 Å². The molecule has 4 nitrogen and oxygen atoms in total. The Bertz CT molecular complexity index is 3280. The zero-order valence-electron chi connectivity index (χ0n) is 32.6. The van der Waals surface area contributed by atoms with Gasteiger partial charge in [-0.15, -0.1) is 0 Å². The molecule has 0 fully saturated rings. The van der Waals surface area contributed by atoms with Crippen LogP contribution in [0.25, 0.3) is 71.7 Å². The largest absolute Gasteiger partial charge is 0.308 e. The Hall–Kier alpha value is -6.62. The van der Waals surface area contributed by atoms with Crippen LogP contribution in [0.1, 0.15) is 85.0 Å². The number of nitrogens with zero attached hydrogens (tertiary/aromatic N) is 4. The highest BCUT2D eigenvalue weighted by Crippen LogP contribution is 2.54. The fourth-order valence-corrected chi connectivity index (χ4v) is 10.9. The number of fused-ring (bicyclic) bond motifs is 11. The normalized spacial score (nSPS) is 16.0. The fraction of sp³-hybridized carbons (Fsp3) is 0.192. The first kappa shape index (κ1) is 32.8. The van der Waals surface area contributed by atoms with Crippen LogP contribution >= 0.6 is 0 Å². The number of benzene rings is 6. The molecule has 2 aromatic heterocycles. The Labute approximate surface area is 326 Å². The van der Waals surface area contributed by atoms with E-state index in [1.165, 1.54) is 49.9 Å². The third kappa shape index (κ3) is 3.91. The summed E-state index contributed by atoms with van der Waals surface area (Å²) in [5.74, 6) is 0. The number of rotatable bonds is 2. The van der Waals surface area contributed by atoms with E-state index in [0.717, 1.165) is 68.0 Å². The molecule has 8 aromatic rings. The van der Waals surface area contributed by atoms with Gasteiger partial charge in [0.2, 0.25) is 0 Å². The standard InChI is InChI=1S/C52H40N4/c1-29-39(27-53)49(55-45-21-13-9-17-33(45)37-23-35-31-15-7-11-19-41(31)51(3,4)43(35)25-47(37)55)30(2)50(40(29)28-54)56-46-22-14-10-18-34(46)38-24-36-32-16-8-12-20-42(32)52(5,6)44(36)26-48(38)56/h7,9-15,17-26H,8,16H2,1-6H3. The maximum atomic E-state index is 11.1. The van der Waals surface area contributed by atoms with Gasteiger partial charge in [0.1, 0.15) is 12.1 Å². The maximum absolute atomic E-state index is 11.1. The SMILES string of the molecule is Cc1c(C#N)c(-n2c3ccccc3c3cc4c(cc32)C(C)(C)C2=C4CCC=C2)c(C)c(-n2c3ccccc3c3cc4c(cc32)C(C)(C)c2ccccc2-4)c1C#N. The molecule has 0 unspecified atom stereocenters. The van der Waals surface area contributed by atoms with E-state index >= 15 is 0 Å². The minimum atomic E-state index is -0.193. The second kappa shape index (κ2) is 11.0. The number of nitriles is 2. The van der Waals surface area contributed by atoms with Gasteiger partial charge in [0.05, 0.1) is 44.6 Å². The van der Waals surface area contributed by atoms with Crippen LogP contribution in [0.4, 0.5) is 0 Å². The summed E-state index contributed by atoms with van der Waals surface area (Å²) < 4.78 is 4.64. The van der Waals surface area contributed by atoms with Gasteiger partial charge in [0, 0.05) is 32.4 Å². The second-order valence-electron chi connectivity index (χ2n) is 17.1. The summed E-state index contributed by atoms with van der Waals surface area (Å²) >= 11 is 0. The number of allylic oxidation sites excluding steroid dienone is 4. The van der Waals surface area contributed by atoms with Crippen LogP contribution < -0.4 is 0 Å². The lowest BCUT2D eigenvalue weighted by Gasteiger charge is -2.25. The summed E-state index contributed by atoms with van der Waals surface area (Å²) in [7, 11) is 0. The van der Waals surface area contributed by atoms with Gasteiger partial charge in [0.15, 0.2) is 0 Å². The molecule has 11 rings (SSSR count). The van der Waals surface area contributed by atoms with Gasteiger partial charge in [-0.1, -0.05) is 101 Å². The highest BCUT2D eigenvalue weighted by atomic mass is 15.0. The van der Waals surface area contributed by atoms with E-state index in [2.05, 4.69) is 165 Å². The lowest BCUT2D eigenvalue weighted by Crippen LogP contribution is -2.17. The zero-order valence-corrected chi connectivity index (χ0v) is 32.6. The lowest BCUT2D eigenvalue weighted by molar-refractivity contribution is 0.652. The molecule has 268 valence electrons. The molecular weight excluding hydrogens is 681 g/mol. The molecule has 0 N–H and O–H groups in total. The summed E-state index contributed by atoms with van der Waals surface area (Å²) in [5.41, 5.74) is 18.9. The van der Waals surface area contributed by atoms with Gasteiger partial charge in [0.25, 0.3) is 0 Å². The van der Waals surface area contributed by atoms with Crippen LogP contribution in [0.3, 0.4) is 0 Å². The molecule has 2 heterocycles. The minimum absolute atomic E-state index is 0.146. The van der Waals surface area contributed by atoms with Gasteiger partial charge in [-0.2, -0.15) is 10.5 Å². The van der Waals surface area contributed by atoms with Crippen molar-refractivity contribution in [3.05, 3.63) is 159 Å². The summed E-state index contributed by atoms with van der Waals surface area (Å²) in [6.45, 7) is 13.4. The highest BCUT2D eigenvalue weighted by molar-refractivity contribution is 6.13. The van der Waals surface area contributed by atoms with Crippen LogP contribution in [0.15, 0.2) is 115 Å². The Kier molecular flexibility index (Phi) is 6.44. The van der Waals surface area contributed by atoms with Gasteiger partial charge < -0.3 is 9.13 Å². The molecule has 0 radical (unpaired) electrons. The van der Waals surface area contributed by atoms with Crippen molar-refractivity contribution in [2.75, 3.05) is 0 Å². The smallest absolute Gasteiger partial charge is 0.102 e. The monoisotopic (exact) mass is 720 g/mol. The molecule has 0 atom stereocenters. The Morgan fingerprint density at radius 2 is 1.07 bits per heavy atom. The van der Waals surface area contributed by atoms with Crippen molar-refractivity contribution >= 4 is 49.2 Å². The van der Waals surface area contributed by atoms with Crippen LogP contribution in [-0.2, 0) is 10.8 Å². The highest BCUT2D eigenvalue weighted by Gasteiger charge is 2.39. The van der Waals surface area contributed by atoms with E-state index in [-0.39, 0.29) is 10.8 Å². The molecular formula is C52H40N4. The number of aromatic nitrogens is 2. The molecule has 3 aliphatic carbocycles. The van der Waals surface area contributed by atoms with Crippen molar-refractivity contribution < 1.29 is 0 Å². The van der Waals surface area contributed by atoms with Crippen LogP contribution in [-0.4, -0.2) is 9.13 Å². The maximum Gasteiger partial charge on any atom is 0.102 e. The average Bonchev–Trinajstić information content (AvgIpc) is 3.85. The molecule has 0 saturated heterocycles. The third-order valence-corrected chi connectivity index (χ3v) is 13.6. The average molecular weight is 721 g/mol. The van der Waals surface area contributed by atoms with Crippen molar-refractivity contribution in [3.8, 4) is 34.6 Å².